The summed E-state index contributed by atoms with van der Waals surface area (Å²) in [7, 11) is 0. The van der Waals surface area contributed by atoms with E-state index in [1.165, 1.54) is 0 Å². The monoisotopic (exact) mass is 292 g/mol. The van der Waals surface area contributed by atoms with Crippen LogP contribution >= 0.6 is 0 Å². The van der Waals surface area contributed by atoms with Gasteiger partial charge in [-0.2, -0.15) is 0 Å². The Labute approximate surface area is 128 Å². The van der Waals surface area contributed by atoms with Gasteiger partial charge in [0.1, 0.15) is 5.75 Å². The smallest absolute Gasteiger partial charge is 0.260 e. The summed E-state index contributed by atoms with van der Waals surface area (Å²) in [5, 5.41) is 2.90. The first kappa shape index (κ1) is 17.5. The van der Waals surface area contributed by atoms with Crippen molar-refractivity contribution in [2.24, 2.45) is 5.73 Å². The Balaban J connectivity index is 2.54. The molecule has 3 N–H and O–H groups in total. The highest BCUT2D eigenvalue weighted by Gasteiger charge is 2.15. The van der Waals surface area contributed by atoms with Gasteiger partial charge in [-0.25, -0.2) is 0 Å². The van der Waals surface area contributed by atoms with Gasteiger partial charge in [0.05, 0.1) is 0 Å². The standard InChI is InChI=1S/C17H28N2O2/c1-5-6-7-10-19-17(20)14(4)21-16-9-8-15(13(3)18)11-12(16)2/h8-9,11,13-14H,5-7,10,18H2,1-4H3,(H,19,20). The number of ether oxygens (including phenoxy) is 1. The van der Waals surface area contributed by atoms with Crippen molar-refractivity contribution in [3.05, 3.63) is 29.3 Å². The summed E-state index contributed by atoms with van der Waals surface area (Å²) in [6.45, 7) is 8.54. The van der Waals surface area contributed by atoms with E-state index in [2.05, 4.69) is 12.2 Å². The molecule has 0 radical (unpaired) electrons. The molecule has 4 heteroatoms. The molecule has 1 aromatic rings. The number of amides is 1. The van der Waals surface area contributed by atoms with Crippen molar-refractivity contribution in [3.8, 4) is 5.75 Å². The molecule has 0 aliphatic rings. The van der Waals surface area contributed by atoms with Gasteiger partial charge in [-0.15, -0.1) is 0 Å². The summed E-state index contributed by atoms with van der Waals surface area (Å²) in [5.74, 6) is 0.664. The average Bonchev–Trinajstić information content (AvgIpc) is 2.45. The summed E-state index contributed by atoms with van der Waals surface area (Å²) in [6, 6.07) is 5.83. The van der Waals surface area contributed by atoms with Crippen LogP contribution in [0.2, 0.25) is 0 Å². The van der Waals surface area contributed by atoms with Gasteiger partial charge in [0.2, 0.25) is 0 Å². The van der Waals surface area contributed by atoms with Crippen molar-refractivity contribution >= 4 is 5.91 Å². The molecule has 0 spiro atoms. The third-order valence-corrected chi connectivity index (χ3v) is 3.48. The molecule has 0 heterocycles. The van der Waals surface area contributed by atoms with Gasteiger partial charge in [0, 0.05) is 12.6 Å². The highest BCUT2D eigenvalue weighted by Crippen LogP contribution is 2.22. The quantitative estimate of drug-likeness (QED) is 0.724. The number of nitrogens with one attached hydrogen (secondary N) is 1. The maximum Gasteiger partial charge on any atom is 0.260 e. The Morgan fingerprint density at radius 3 is 2.62 bits per heavy atom. The molecule has 2 unspecified atom stereocenters. The van der Waals surface area contributed by atoms with E-state index in [1.54, 1.807) is 6.92 Å². The minimum absolute atomic E-state index is 0.00274. The minimum Gasteiger partial charge on any atom is -0.481 e. The first-order valence-electron chi connectivity index (χ1n) is 7.76. The molecule has 1 aromatic carbocycles. The van der Waals surface area contributed by atoms with E-state index in [0.717, 1.165) is 36.1 Å². The highest BCUT2D eigenvalue weighted by atomic mass is 16.5. The third-order valence-electron chi connectivity index (χ3n) is 3.48. The van der Waals surface area contributed by atoms with Crippen molar-refractivity contribution in [3.63, 3.8) is 0 Å². The van der Waals surface area contributed by atoms with E-state index < -0.39 is 6.10 Å². The maximum atomic E-state index is 11.9. The Bertz CT molecular complexity index is 458. The van der Waals surface area contributed by atoms with Gasteiger partial charge in [0.25, 0.3) is 5.91 Å². The molecule has 2 atom stereocenters. The molecule has 21 heavy (non-hydrogen) atoms. The van der Waals surface area contributed by atoms with E-state index in [4.69, 9.17) is 10.5 Å². The Morgan fingerprint density at radius 1 is 1.33 bits per heavy atom. The molecule has 0 fully saturated rings. The lowest BCUT2D eigenvalue weighted by molar-refractivity contribution is -0.127. The Morgan fingerprint density at radius 2 is 2.05 bits per heavy atom. The molecule has 0 saturated carbocycles. The predicted octanol–water partition coefficient (Wildman–Crippen LogP) is 3.09. The zero-order valence-electron chi connectivity index (χ0n) is 13.6. The molecule has 118 valence electrons. The first-order valence-corrected chi connectivity index (χ1v) is 7.76. The molecule has 0 bridgehead atoms. The second-order valence-corrected chi connectivity index (χ2v) is 5.57. The van der Waals surface area contributed by atoms with Gasteiger partial charge in [-0.3, -0.25) is 4.79 Å². The molecule has 1 amide bonds. The fourth-order valence-electron chi connectivity index (χ4n) is 2.06. The topological polar surface area (TPSA) is 64.3 Å². The van der Waals surface area contributed by atoms with Gasteiger partial charge in [-0.1, -0.05) is 31.9 Å². The number of rotatable bonds is 8. The normalized spacial score (nSPS) is 13.6. The van der Waals surface area contributed by atoms with Gasteiger partial charge >= 0.3 is 0 Å². The van der Waals surface area contributed by atoms with Crippen LogP contribution in [-0.2, 0) is 4.79 Å². The fourth-order valence-corrected chi connectivity index (χ4v) is 2.06. The zero-order valence-corrected chi connectivity index (χ0v) is 13.6. The number of nitrogens with two attached hydrogens (primary N) is 1. The largest absolute Gasteiger partial charge is 0.481 e. The molecule has 4 nitrogen and oxygen atoms in total. The lowest BCUT2D eigenvalue weighted by atomic mass is 10.1. The van der Waals surface area contributed by atoms with E-state index in [1.807, 2.05) is 32.0 Å². The zero-order chi connectivity index (χ0) is 15.8. The SMILES string of the molecule is CCCCCNC(=O)C(C)Oc1ccc(C(C)N)cc1C. The lowest BCUT2D eigenvalue weighted by Crippen LogP contribution is -2.36. The van der Waals surface area contributed by atoms with Crippen LogP contribution in [0.25, 0.3) is 0 Å². The van der Waals surface area contributed by atoms with Crippen LogP contribution in [0.15, 0.2) is 18.2 Å². The van der Waals surface area contributed by atoms with Crippen LogP contribution < -0.4 is 15.8 Å². The minimum atomic E-state index is -0.494. The number of benzene rings is 1. The predicted molar refractivity (Wildman–Crippen MR) is 86.4 cm³/mol. The van der Waals surface area contributed by atoms with Crippen molar-refractivity contribution in [2.45, 2.75) is 59.1 Å². The average molecular weight is 292 g/mol. The number of unbranched alkanes of at least 4 members (excludes halogenated alkanes) is 2. The van der Waals surface area contributed by atoms with Crippen molar-refractivity contribution in [1.82, 2.24) is 5.32 Å². The number of aryl methyl sites for hydroxylation is 1. The molecule has 0 aliphatic carbocycles. The molecule has 1 rings (SSSR count). The van der Waals surface area contributed by atoms with Crippen LogP contribution in [0.5, 0.6) is 5.75 Å². The van der Waals surface area contributed by atoms with Crippen LogP contribution in [0.4, 0.5) is 0 Å². The summed E-state index contributed by atoms with van der Waals surface area (Å²) >= 11 is 0. The van der Waals surface area contributed by atoms with E-state index in [0.29, 0.717) is 6.54 Å². The van der Waals surface area contributed by atoms with Gasteiger partial charge in [0.15, 0.2) is 6.10 Å². The summed E-state index contributed by atoms with van der Waals surface area (Å²) in [4.78, 5) is 11.9. The number of carbonyl (C=O) groups is 1. The fraction of sp³-hybridized carbons (Fsp3) is 0.588. The first-order chi connectivity index (χ1) is 9.95. The Kier molecular flexibility index (Phi) is 7.23. The van der Waals surface area contributed by atoms with Gasteiger partial charge < -0.3 is 15.8 Å². The second kappa shape index (κ2) is 8.67. The van der Waals surface area contributed by atoms with Crippen LogP contribution in [-0.4, -0.2) is 18.6 Å². The van der Waals surface area contributed by atoms with E-state index in [-0.39, 0.29) is 11.9 Å². The summed E-state index contributed by atoms with van der Waals surface area (Å²) < 4.78 is 5.75. The molecular weight excluding hydrogens is 264 g/mol. The molecule has 0 aromatic heterocycles. The second-order valence-electron chi connectivity index (χ2n) is 5.57. The molecule has 0 saturated heterocycles. The van der Waals surface area contributed by atoms with Crippen molar-refractivity contribution < 1.29 is 9.53 Å². The van der Waals surface area contributed by atoms with Crippen molar-refractivity contribution in [1.29, 1.82) is 0 Å². The number of hydrogen-bond donors (Lipinski definition) is 2. The van der Waals surface area contributed by atoms with Crippen molar-refractivity contribution in [2.75, 3.05) is 6.54 Å². The highest BCUT2D eigenvalue weighted by molar-refractivity contribution is 5.80. The molecular formula is C17H28N2O2. The Hall–Kier alpha value is -1.55. The van der Waals surface area contributed by atoms with Crippen LogP contribution in [0, 0.1) is 6.92 Å². The van der Waals surface area contributed by atoms with Crippen LogP contribution in [0.1, 0.15) is 57.2 Å². The maximum absolute atomic E-state index is 11.9. The molecule has 0 aliphatic heterocycles. The lowest BCUT2D eigenvalue weighted by Gasteiger charge is -2.17. The third kappa shape index (κ3) is 5.76. The van der Waals surface area contributed by atoms with E-state index in [9.17, 15) is 4.79 Å². The van der Waals surface area contributed by atoms with Gasteiger partial charge in [-0.05, 0) is 44.4 Å². The van der Waals surface area contributed by atoms with E-state index >= 15 is 0 Å². The summed E-state index contributed by atoms with van der Waals surface area (Å²) in [6.07, 6.45) is 2.80. The van der Waals surface area contributed by atoms with Crippen LogP contribution in [0.3, 0.4) is 0 Å². The number of carbonyl (C=O) groups excluding carboxylic acids is 1. The number of hydrogen-bond acceptors (Lipinski definition) is 3. The summed E-state index contributed by atoms with van der Waals surface area (Å²) in [5.41, 5.74) is 7.92.